The molecule has 1 atom stereocenters. The number of rotatable bonds is 1. The molecule has 2 fully saturated rings. The van der Waals surface area contributed by atoms with E-state index in [4.69, 9.17) is 15.2 Å². The Bertz CT molecular complexity index is 458. The molecule has 5 nitrogen and oxygen atoms in total. The van der Waals surface area contributed by atoms with E-state index in [-0.39, 0.29) is 5.60 Å². The van der Waals surface area contributed by atoms with Crippen molar-refractivity contribution in [1.29, 1.82) is 0 Å². The Balaban J connectivity index is 1.83. The Morgan fingerprint density at radius 1 is 1.26 bits per heavy atom. The molecule has 0 aliphatic carbocycles. The van der Waals surface area contributed by atoms with Gasteiger partial charge in [0.1, 0.15) is 0 Å². The van der Waals surface area contributed by atoms with E-state index in [1.165, 1.54) is 0 Å². The van der Waals surface area contributed by atoms with Gasteiger partial charge in [0.15, 0.2) is 0 Å². The van der Waals surface area contributed by atoms with Gasteiger partial charge in [-0.15, -0.1) is 0 Å². The van der Waals surface area contributed by atoms with Gasteiger partial charge in [0.2, 0.25) is 0 Å². The number of nitrogens with zero attached hydrogens (tertiary/aromatic N) is 2. The van der Waals surface area contributed by atoms with E-state index in [1.807, 2.05) is 6.92 Å². The van der Waals surface area contributed by atoms with Gasteiger partial charge in [-0.25, -0.2) is 0 Å². The van der Waals surface area contributed by atoms with E-state index in [0.29, 0.717) is 6.04 Å². The minimum absolute atomic E-state index is 0.00221. The summed E-state index contributed by atoms with van der Waals surface area (Å²) in [6.45, 7) is 6.46. The minimum atomic E-state index is 0.00221. The molecule has 3 heterocycles. The molecule has 2 saturated heterocycles. The topological polar surface area (TPSA) is 62.3 Å². The van der Waals surface area contributed by atoms with Crippen LogP contribution in [0.15, 0.2) is 0 Å². The third-order valence-electron chi connectivity index (χ3n) is 4.60. The highest BCUT2D eigenvalue weighted by Gasteiger charge is 2.40. The SMILES string of the molecule is Cc1nn(C2CCOC3(CCOCC3)C2)c(C)c1N. The van der Waals surface area contributed by atoms with Crippen molar-refractivity contribution in [2.45, 2.75) is 51.2 Å². The first kappa shape index (κ1) is 12.9. The number of nitrogen functional groups attached to an aromatic ring is 1. The summed E-state index contributed by atoms with van der Waals surface area (Å²) in [5.74, 6) is 0. The first-order valence-corrected chi connectivity index (χ1v) is 7.14. The molecule has 1 unspecified atom stereocenters. The lowest BCUT2D eigenvalue weighted by Crippen LogP contribution is -2.45. The molecule has 19 heavy (non-hydrogen) atoms. The van der Waals surface area contributed by atoms with Crippen molar-refractivity contribution in [3.8, 4) is 0 Å². The average Bonchev–Trinajstić information content (AvgIpc) is 2.68. The van der Waals surface area contributed by atoms with Gasteiger partial charge in [0.25, 0.3) is 0 Å². The molecule has 1 aromatic heterocycles. The summed E-state index contributed by atoms with van der Waals surface area (Å²) in [6, 6.07) is 0.405. The Kier molecular flexibility index (Phi) is 3.27. The first-order valence-electron chi connectivity index (χ1n) is 7.14. The molecule has 1 spiro atoms. The lowest BCUT2D eigenvalue weighted by Gasteiger charge is -2.43. The maximum absolute atomic E-state index is 6.08. The Labute approximate surface area is 114 Å². The molecule has 0 bridgehead atoms. The highest BCUT2D eigenvalue weighted by atomic mass is 16.5. The van der Waals surface area contributed by atoms with Crippen molar-refractivity contribution in [1.82, 2.24) is 9.78 Å². The van der Waals surface area contributed by atoms with Gasteiger partial charge < -0.3 is 15.2 Å². The molecular weight excluding hydrogens is 242 g/mol. The first-order chi connectivity index (χ1) is 9.11. The molecule has 1 aromatic rings. The molecule has 2 aliphatic heterocycles. The number of ether oxygens (including phenoxy) is 2. The van der Waals surface area contributed by atoms with Crippen LogP contribution in [0.1, 0.15) is 43.1 Å². The van der Waals surface area contributed by atoms with Crippen LogP contribution < -0.4 is 5.73 Å². The molecule has 2 N–H and O–H groups in total. The van der Waals surface area contributed by atoms with Crippen LogP contribution >= 0.6 is 0 Å². The van der Waals surface area contributed by atoms with Crippen LogP contribution in [-0.2, 0) is 9.47 Å². The zero-order chi connectivity index (χ0) is 13.5. The number of hydrogen-bond acceptors (Lipinski definition) is 4. The van der Waals surface area contributed by atoms with Gasteiger partial charge in [0, 0.05) is 19.8 Å². The smallest absolute Gasteiger partial charge is 0.0826 e. The van der Waals surface area contributed by atoms with Gasteiger partial charge in [0.05, 0.1) is 28.7 Å². The van der Waals surface area contributed by atoms with E-state index in [0.717, 1.165) is 62.6 Å². The minimum Gasteiger partial charge on any atom is -0.396 e. The van der Waals surface area contributed by atoms with Crippen molar-refractivity contribution in [3.63, 3.8) is 0 Å². The predicted octanol–water partition coefficient (Wildman–Crippen LogP) is 1.98. The summed E-state index contributed by atoms with van der Waals surface area (Å²) in [6.07, 6.45) is 4.04. The fraction of sp³-hybridized carbons (Fsp3) is 0.786. The standard InChI is InChI=1S/C14H23N3O2/c1-10-13(15)11(2)17(16-10)12-3-6-19-14(9-12)4-7-18-8-5-14/h12H,3-9,15H2,1-2H3. The van der Waals surface area contributed by atoms with Crippen molar-refractivity contribution in [2.75, 3.05) is 25.6 Å². The molecule has 0 amide bonds. The highest BCUT2D eigenvalue weighted by molar-refractivity contribution is 5.47. The van der Waals surface area contributed by atoms with Crippen molar-refractivity contribution < 1.29 is 9.47 Å². The summed E-state index contributed by atoms with van der Waals surface area (Å²) in [7, 11) is 0. The van der Waals surface area contributed by atoms with E-state index >= 15 is 0 Å². The molecular formula is C14H23N3O2. The second-order valence-electron chi connectivity index (χ2n) is 5.82. The van der Waals surface area contributed by atoms with Crippen LogP contribution in [0, 0.1) is 13.8 Å². The van der Waals surface area contributed by atoms with Gasteiger partial charge in [-0.1, -0.05) is 0 Å². The predicted molar refractivity (Wildman–Crippen MR) is 73.1 cm³/mol. The molecule has 0 radical (unpaired) electrons. The summed E-state index contributed by atoms with van der Waals surface area (Å²) >= 11 is 0. The van der Waals surface area contributed by atoms with Crippen molar-refractivity contribution in [3.05, 3.63) is 11.4 Å². The monoisotopic (exact) mass is 265 g/mol. The molecule has 0 aromatic carbocycles. The third-order valence-corrected chi connectivity index (χ3v) is 4.60. The Morgan fingerprint density at radius 3 is 2.63 bits per heavy atom. The van der Waals surface area contributed by atoms with Crippen molar-refractivity contribution in [2.24, 2.45) is 0 Å². The number of aromatic nitrogens is 2. The van der Waals surface area contributed by atoms with Crippen LogP contribution in [0.2, 0.25) is 0 Å². The summed E-state index contributed by atoms with van der Waals surface area (Å²) < 4.78 is 13.7. The summed E-state index contributed by atoms with van der Waals surface area (Å²) in [4.78, 5) is 0. The maximum Gasteiger partial charge on any atom is 0.0826 e. The van der Waals surface area contributed by atoms with Crippen LogP contribution in [-0.4, -0.2) is 35.2 Å². The molecule has 5 heteroatoms. The third kappa shape index (κ3) is 2.25. The van der Waals surface area contributed by atoms with Gasteiger partial charge >= 0.3 is 0 Å². The molecule has 3 rings (SSSR count). The van der Waals surface area contributed by atoms with Crippen LogP contribution in [0.5, 0.6) is 0 Å². The fourth-order valence-corrected chi connectivity index (χ4v) is 3.33. The zero-order valence-electron chi connectivity index (χ0n) is 11.8. The fourth-order valence-electron chi connectivity index (χ4n) is 3.33. The zero-order valence-corrected chi connectivity index (χ0v) is 11.8. The molecule has 106 valence electrons. The normalized spacial score (nSPS) is 26.7. The largest absolute Gasteiger partial charge is 0.396 e. The van der Waals surface area contributed by atoms with E-state index in [2.05, 4.69) is 16.7 Å². The number of anilines is 1. The molecule has 2 aliphatic rings. The van der Waals surface area contributed by atoms with Crippen LogP contribution in [0.3, 0.4) is 0 Å². The lowest BCUT2D eigenvalue weighted by atomic mass is 9.84. The summed E-state index contributed by atoms with van der Waals surface area (Å²) in [5.41, 5.74) is 8.90. The number of aryl methyl sites for hydroxylation is 1. The second-order valence-corrected chi connectivity index (χ2v) is 5.82. The summed E-state index contributed by atoms with van der Waals surface area (Å²) in [5, 5.41) is 4.62. The van der Waals surface area contributed by atoms with E-state index in [9.17, 15) is 0 Å². The number of nitrogens with two attached hydrogens (primary N) is 1. The lowest BCUT2D eigenvalue weighted by molar-refractivity contribution is -0.145. The van der Waals surface area contributed by atoms with E-state index < -0.39 is 0 Å². The number of hydrogen-bond donors (Lipinski definition) is 1. The highest BCUT2D eigenvalue weighted by Crippen LogP contribution is 2.39. The maximum atomic E-state index is 6.08. The van der Waals surface area contributed by atoms with Gasteiger partial charge in [-0.2, -0.15) is 5.10 Å². The van der Waals surface area contributed by atoms with E-state index in [1.54, 1.807) is 0 Å². The molecule has 0 saturated carbocycles. The van der Waals surface area contributed by atoms with Crippen LogP contribution in [0.25, 0.3) is 0 Å². The van der Waals surface area contributed by atoms with Gasteiger partial charge in [-0.05, 0) is 39.5 Å². The van der Waals surface area contributed by atoms with Crippen molar-refractivity contribution >= 4 is 5.69 Å². The van der Waals surface area contributed by atoms with Crippen LogP contribution in [0.4, 0.5) is 5.69 Å². The quantitative estimate of drug-likeness (QED) is 0.843. The average molecular weight is 265 g/mol. The Hall–Kier alpha value is -1.07. The second kappa shape index (κ2) is 4.80. The Morgan fingerprint density at radius 2 is 2.00 bits per heavy atom. The van der Waals surface area contributed by atoms with Gasteiger partial charge in [-0.3, -0.25) is 4.68 Å².